The average Bonchev–Trinajstić information content (AvgIpc) is 2.20. The van der Waals surface area contributed by atoms with Gasteiger partial charge in [-0.15, -0.1) is 0 Å². The predicted molar refractivity (Wildman–Crippen MR) is 70.1 cm³/mol. The van der Waals surface area contributed by atoms with Gasteiger partial charge in [-0.3, -0.25) is 4.79 Å². The van der Waals surface area contributed by atoms with E-state index in [9.17, 15) is 4.79 Å². The molecule has 0 aromatic carbocycles. The topological polar surface area (TPSA) is 52.3 Å². The number of unbranched alkanes of at least 4 members (excludes halogenated alkanes) is 2. The van der Waals surface area contributed by atoms with Gasteiger partial charge in [0.1, 0.15) is 5.60 Å². The van der Waals surface area contributed by atoms with Crippen molar-refractivity contribution in [3.63, 3.8) is 0 Å². The zero-order valence-electron chi connectivity index (χ0n) is 11.5. The minimum absolute atomic E-state index is 0.0139. The van der Waals surface area contributed by atoms with Gasteiger partial charge in [0, 0.05) is 12.5 Å². The Labute approximate surface area is 105 Å². The van der Waals surface area contributed by atoms with E-state index in [1.165, 1.54) is 0 Å². The Kier molecular flexibility index (Phi) is 7.45. The van der Waals surface area contributed by atoms with Gasteiger partial charge in [0.2, 0.25) is 0 Å². The number of hydrogen-bond donors (Lipinski definition) is 1. The van der Waals surface area contributed by atoms with Gasteiger partial charge >= 0.3 is 5.97 Å². The summed E-state index contributed by atoms with van der Waals surface area (Å²) >= 11 is 0. The Hall–Kier alpha value is -1.17. The highest BCUT2D eigenvalue weighted by Crippen LogP contribution is 2.18. The molecule has 0 aliphatic carbocycles. The lowest BCUT2D eigenvalue weighted by atomic mass is 9.98. The summed E-state index contributed by atoms with van der Waals surface area (Å²) in [6, 6.07) is 2.38. The number of esters is 1. The predicted octanol–water partition coefficient (Wildman–Crippen LogP) is 2.83. The second-order valence-corrected chi connectivity index (χ2v) is 5.21. The monoisotopic (exact) mass is 239 g/mol. The number of hydrogen-bond acceptors (Lipinski definition) is 3. The Bertz CT molecular complexity index is 281. The quantitative estimate of drug-likeness (QED) is 0.335. The molecule has 0 aromatic heterocycles. The molecule has 0 amide bonds. The fraction of sp³-hybridized carbons (Fsp3) is 0.786. The molecule has 0 rings (SSSR count). The first-order valence-corrected chi connectivity index (χ1v) is 6.32. The van der Waals surface area contributed by atoms with Crippen LogP contribution >= 0.6 is 0 Å². The van der Waals surface area contributed by atoms with Crippen LogP contribution in [0, 0.1) is 17.9 Å². The maximum Gasteiger partial charge on any atom is 0.309 e. The smallest absolute Gasteiger partial charge is 0.309 e. The van der Waals surface area contributed by atoms with Crippen LogP contribution in [0.3, 0.4) is 0 Å². The molecule has 2 N–H and O–H groups in total. The van der Waals surface area contributed by atoms with E-state index >= 15 is 0 Å². The van der Waals surface area contributed by atoms with Crippen molar-refractivity contribution < 1.29 is 9.53 Å². The first-order valence-electron chi connectivity index (χ1n) is 6.32. The van der Waals surface area contributed by atoms with Gasteiger partial charge in [0.25, 0.3) is 0 Å². The van der Waals surface area contributed by atoms with Gasteiger partial charge in [0.15, 0.2) is 0 Å². The zero-order chi connectivity index (χ0) is 13.3. The normalized spacial score (nSPS) is 12.5. The largest absolute Gasteiger partial charge is 0.460 e. The van der Waals surface area contributed by atoms with Crippen molar-refractivity contribution in [1.82, 2.24) is 0 Å². The summed E-state index contributed by atoms with van der Waals surface area (Å²) in [7, 11) is 0. The van der Waals surface area contributed by atoms with Crippen LogP contribution in [0.1, 0.15) is 59.8 Å². The molecular formula is C14H25NO2. The molecule has 0 saturated carbocycles. The summed E-state index contributed by atoms with van der Waals surface area (Å²) in [6.07, 6.45) is 4.49. The van der Waals surface area contributed by atoms with E-state index in [1.54, 1.807) is 0 Å². The molecule has 0 fully saturated rings. The second-order valence-electron chi connectivity index (χ2n) is 5.21. The fourth-order valence-electron chi connectivity index (χ4n) is 1.55. The Morgan fingerprint density at radius 2 is 2.00 bits per heavy atom. The minimum Gasteiger partial charge on any atom is -0.460 e. The van der Waals surface area contributed by atoms with Gasteiger partial charge in [-0.1, -0.05) is 19.3 Å². The Morgan fingerprint density at radius 3 is 2.47 bits per heavy atom. The third kappa shape index (κ3) is 8.62. The van der Waals surface area contributed by atoms with Crippen LogP contribution in [0.4, 0.5) is 0 Å². The van der Waals surface area contributed by atoms with E-state index in [2.05, 4.69) is 12.0 Å². The third-order valence-electron chi connectivity index (χ3n) is 2.44. The average molecular weight is 239 g/mol. The molecule has 0 aliphatic rings. The van der Waals surface area contributed by atoms with Crippen molar-refractivity contribution in [2.75, 3.05) is 0 Å². The molecule has 98 valence electrons. The SMILES string of the molecule is CCC(CCCCC#CN)C(=O)OC(C)(C)C. The van der Waals surface area contributed by atoms with Crippen molar-refractivity contribution in [3.8, 4) is 12.0 Å². The standard InChI is InChI=1S/C14H25NO2/c1-5-12(10-8-6-7-9-11-15)13(16)17-14(2,3)4/h12H,5-8,10,15H2,1-4H3. The maximum atomic E-state index is 11.8. The maximum absolute atomic E-state index is 11.8. The van der Waals surface area contributed by atoms with Crippen LogP contribution in [0.15, 0.2) is 0 Å². The summed E-state index contributed by atoms with van der Waals surface area (Å²) in [5.74, 6) is 2.75. The Morgan fingerprint density at radius 1 is 1.35 bits per heavy atom. The lowest BCUT2D eigenvalue weighted by Gasteiger charge is -2.23. The van der Waals surface area contributed by atoms with Crippen molar-refractivity contribution in [3.05, 3.63) is 0 Å². The molecule has 0 spiro atoms. The minimum atomic E-state index is -0.393. The van der Waals surface area contributed by atoms with E-state index in [4.69, 9.17) is 10.5 Å². The van der Waals surface area contributed by atoms with E-state index in [0.717, 1.165) is 32.1 Å². The summed E-state index contributed by atoms with van der Waals surface area (Å²) in [5.41, 5.74) is 4.69. The van der Waals surface area contributed by atoms with Gasteiger partial charge in [0.05, 0.1) is 5.92 Å². The number of carbonyl (C=O) groups is 1. The first-order chi connectivity index (χ1) is 7.90. The summed E-state index contributed by atoms with van der Waals surface area (Å²) in [6.45, 7) is 7.71. The molecule has 17 heavy (non-hydrogen) atoms. The summed E-state index contributed by atoms with van der Waals surface area (Å²) in [5, 5.41) is 0. The summed E-state index contributed by atoms with van der Waals surface area (Å²) < 4.78 is 5.38. The molecule has 0 aromatic rings. The van der Waals surface area contributed by atoms with E-state index < -0.39 is 5.60 Å². The molecule has 0 radical (unpaired) electrons. The van der Waals surface area contributed by atoms with Crippen LogP contribution in [0.25, 0.3) is 0 Å². The van der Waals surface area contributed by atoms with Gasteiger partial charge in [-0.05, 0) is 40.0 Å². The number of carbonyl (C=O) groups excluding carboxylic acids is 1. The van der Waals surface area contributed by atoms with E-state index in [1.807, 2.05) is 27.7 Å². The molecule has 1 unspecified atom stereocenters. The molecule has 0 aliphatic heterocycles. The van der Waals surface area contributed by atoms with Crippen LogP contribution < -0.4 is 5.73 Å². The zero-order valence-corrected chi connectivity index (χ0v) is 11.5. The Balaban J connectivity index is 3.96. The third-order valence-corrected chi connectivity index (χ3v) is 2.44. The van der Waals surface area contributed by atoms with Gasteiger partial charge < -0.3 is 10.5 Å². The molecule has 3 heteroatoms. The first kappa shape index (κ1) is 15.8. The van der Waals surface area contributed by atoms with Crippen molar-refractivity contribution in [1.29, 1.82) is 0 Å². The van der Waals surface area contributed by atoms with E-state index in [0.29, 0.717) is 0 Å². The molecule has 0 saturated heterocycles. The summed E-state index contributed by atoms with van der Waals surface area (Å²) in [4.78, 5) is 11.8. The lowest BCUT2D eigenvalue weighted by molar-refractivity contribution is -0.160. The number of nitrogens with two attached hydrogens (primary N) is 1. The number of rotatable bonds is 6. The van der Waals surface area contributed by atoms with Crippen LogP contribution in [0.5, 0.6) is 0 Å². The lowest BCUT2D eigenvalue weighted by Crippen LogP contribution is -2.28. The molecular weight excluding hydrogens is 214 g/mol. The van der Waals surface area contributed by atoms with E-state index in [-0.39, 0.29) is 11.9 Å². The highest BCUT2D eigenvalue weighted by Gasteiger charge is 2.23. The molecule has 0 heterocycles. The molecule has 0 bridgehead atoms. The second kappa shape index (κ2) is 8.00. The van der Waals surface area contributed by atoms with Crippen molar-refractivity contribution in [2.45, 2.75) is 65.4 Å². The van der Waals surface area contributed by atoms with Crippen molar-refractivity contribution in [2.24, 2.45) is 11.7 Å². The molecule has 3 nitrogen and oxygen atoms in total. The van der Waals surface area contributed by atoms with Gasteiger partial charge in [-0.2, -0.15) is 0 Å². The van der Waals surface area contributed by atoms with Gasteiger partial charge in [-0.25, -0.2) is 0 Å². The highest BCUT2D eigenvalue weighted by atomic mass is 16.6. The fourth-order valence-corrected chi connectivity index (χ4v) is 1.55. The van der Waals surface area contributed by atoms with Crippen LogP contribution in [-0.4, -0.2) is 11.6 Å². The highest BCUT2D eigenvalue weighted by molar-refractivity contribution is 5.72. The van der Waals surface area contributed by atoms with Crippen LogP contribution in [0.2, 0.25) is 0 Å². The number of ether oxygens (including phenoxy) is 1. The van der Waals surface area contributed by atoms with Crippen molar-refractivity contribution >= 4 is 5.97 Å². The van der Waals surface area contributed by atoms with Crippen LogP contribution in [-0.2, 0) is 9.53 Å². The molecule has 1 atom stereocenters.